The summed E-state index contributed by atoms with van der Waals surface area (Å²) in [5.74, 6) is -4.53. The monoisotopic (exact) mass is 494 g/mol. The lowest BCUT2D eigenvalue weighted by molar-refractivity contribution is -0.234. The van der Waals surface area contributed by atoms with Crippen molar-refractivity contribution in [2.24, 2.45) is 22.7 Å². The number of halogens is 2. The third-order valence-corrected chi connectivity index (χ3v) is 9.27. The number of carbonyl (C=O) groups is 4. The molecule has 0 unspecified atom stereocenters. The Morgan fingerprint density at radius 2 is 1.74 bits per heavy atom. The fraction of sp³-hybridized carbons (Fsp3) is 0.692. The molecular formula is C26H32F2O7. The molecule has 0 aromatic heterocycles. The highest BCUT2D eigenvalue weighted by atomic mass is 19.1. The topological polar surface area (TPSA) is 107 Å². The molecule has 0 aliphatic heterocycles. The van der Waals surface area contributed by atoms with E-state index >= 15 is 8.78 Å². The highest BCUT2D eigenvalue weighted by Crippen LogP contribution is 2.72. The summed E-state index contributed by atoms with van der Waals surface area (Å²) in [6, 6.07) is 0. The van der Waals surface area contributed by atoms with Crippen molar-refractivity contribution in [1.29, 1.82) is 0 Å². The molecule has 4 aliphatic rings. The normalized spacial score (nSPS) is 46.1. The lowest BCUT2D eigenvalue weighted by Crippen LogP contribution is -2.71. The van der Waals surface area contributed by atoms with E-state index in [2.05, 4.69) is 0 Å². The minimum Gasteiger partial charge on any atom is -0.458 e. The van der Waals surface area contributed by atoms with Crippen LogP contribution in [-0.4, -0.2) is 58.3 Å². The number of hydrogen-bond acceptors (Lipinski definition) is 7. The molecule has 4 rings (SSSR count). The van der Waals surface area contributed by atoms with Gasteiger partial charge in [-0.25, -0.2) is 8.78 Å². The molecule has 0 saturated heterocycles. The summed E-state index contributed by atoms with van der Waals surface area (Å²) in [6.45, 7) is 5.66. The Morgan fingerprint density at radius 1 is 1.09 bits per heavy atom. The molecule has 1 N–H and O–H groups in total. The van der Waals surface area contributed by atoms with Crippen LogP contribution in [0.5, 0.6) is 0 Å². The average molecular weight is 495 g/mol. The van der Waals surface area contributed by atoms with Crippen molar-refractivity contribution < 1.29 is 42.5 Å². The second kappa shape index (κ2) is 7.79. The third kappa shape index (κ3) is 3.16. The van der Waals surface area contributed by atoms with Crippen LogP contribution in [0.1, 0.15) is 60.3 Å². The van der Waals surface area contributed by atoms with Crippen LogP contribution in [0, 0.1) is 22.7 Å². The predicted molar refractivity (Wildman–Crippen MR) is 119 cm³/mol. The van der Waals surface area contributed by atoms with Gasteiger partial charge in [0.2, 0.25) is 11.4 Å². The standard InChI is InChI=1S/C26H32F2O7/c1-14(29)34-13-21(33)26(35-15(2)30)23(4)12-20(32)25(28)18(19(23)11-24(26,5)27)7-6-16-10-17(31)8-9-22(16,25)3/h8-10,18-20,32H,6-7,11-13H2,1-5H3/t18-,19-,20-,22-,23-,24+,25-,26-/m0/s1. The summed E-state index contributed by atoms with van der Waals surface area (Å²) in [6.07, 6.45) is 2.46. The van der Waals surface area contributed by atoms with Gasteiger partial charge in [-0.2, -0.15) is 0 Å². The van der Waals surface area contributed by atoms with Crippen molar-refractivity contribution in [1.82, 2.24) is 0 Å². The quantitative estimate of drug-likeness (QED) is 0.599. The van der Waals surface area contributed by atoms with Gasteiger partial charge < -0.3 is 14.6 Å². The first-order chi connectivity index (χ1) is 16.1. The molecule has 4 aliphatic carbocycles. The molecule has 3 fully saturated rings. The van der Waals surface area contributed by atoms with Crippen molar-refractivity contribution in [3.63, 3.8) is 0 Å². The summed E-state index contributed by atoms with van der Waals surface area (Å²) in [5, 5.41) is 11.4. The fourth-order valence-electron chi connectivity index (χ4n) is 7.87. The molecule has 0 aromatic rings. The highest BCUT2D eigenvalue weighted by Gasteiger charge is 2.81. The number of Topliss-reactive ketones (excluding diaryl/α,β-unsaturated/α-hetero) is 1. The second-order valence-corrected chi connectivity index (χ2v) is 11.1. The number of hydrogen-bond donors (Lipinski definition) is 1. The number of aliphatic hydroxyl groups is 1. The van der Waals surface area contributed by atoms with Gasteiger partial charge in [0, 0.05) is 30.6 Å². The van der Waals surface area contributed by atoms with E-state index in [1.165, 1.54) is 18.2 Å². The van der Waals surface area contributed by atoms with Crippen molar-refractivity contribution in [3.8, 4) is 0 Å². The first kappa shape index (κ1) is 25.7. The second-order valence-electron chi connectivity index (χ2n) is 11.1. The molecule has 0 heterocycles. The average Bonchev–Trinajstić information content (AvgIpc) is 2.91. The molecule has 0 radical (unpaired) electrons. The van der Waals surface area contributed by atoms with Crippen LogP contribution < -0.4 is 0 Å². The van der Waals surface area contributed by atoms with Gasteiger partial charge in [-0.05, 0) is 57.6 Å². The van der Waals surface area contributed by atoms with E-state index in [4.69, 9.17) is 9.47 Å². The van der Waals surface area contributed by atoms with Crippen LogP contribution >= 0.6 is 0 Å². The molecule has 3 saturated carbocycles. The molecular weight excluding hydrogens is 462 g/mol. The van der Waals surface area contributed by atoms with Crippen LogP contribution in [0.2, 0.25) is 0 Å². The summed E-state index contributed by atoms with van der Waals surface area (Å²) < 4.78 is 44.2. The number of ketones is 2. The number of alkyl halides is 2. The maximum atomic E-state index is 17.2. The number of rotatable bonds is 4. The number of aliphatic hydroxyl groups excluding tert-OH is 1. The Kier molecular flexibility index (Phi) is 5.71. The maximum absolute atomic E-state index is 17.2. The van der Waals surface area contributed by atoms with Gasteiger partial charge in [0.15, 0.2) is 23.7 Å². The van der Waals surface area contributed by atoms with Gasteiger partial charge in [-0.15, -0.1) is 0 Å². The van der Waals surface area contributed by atoms with E-state index in [0.29, 0.717) is 12.0 Å². The van der Waals surface area contributed by atoms with Crippen molar-refractivity contribution in [2.45, 2.75) is 83.3 Å². The van der Waals surface area contributed by atoms with E-state index in [1.54, 1.807) is 13.8 Å². The number of fused-ring (bicyclic) bond motifs is 5. The van der Waals surface area contributed by atoms with Crippen molar-refractivity contribution in [2.75, 3.05) is 6.61 Å². The Bertz CT molecular complexity index is 1060. The molecule has 0 bridgehead atoms. The van der Waals surface area contributed by atoms with E-state index in [-0.39, 0.29) is 25.0 Å². The minimum atomic E-state index is -2.42. The van der Waals surface area contributed by atoms with Gasteiger partial charge in [0.25, 0.3) is 0 Å². The molecule has 7 nitrogen and oxygen atoms in total. The Labute approximate surface area is 202 Å². The fourth-order valence-corrected chi connectivity index (χ4v) is 7.87. The van der Waals surface area contributed by atoms with E-state index in [1.807, 2.05) is 0 Å². The molecule has 0 spiro atoms. The summed E-state index contributed by atoms with van der Waals surface area (Å²) in [4.78, 5) is 49.1. The Morgan fingerprint density at radius 3 is 2.34 bits per heavy atom. The maximum Gasteiger partial charge on any atom is 0.303 e. The summed E-state index contributed by atoms with van der Waals surface area (Å²) in [7, 11) is 0. The first-order valence-electron chi connectivity index (χ1n) is 11.9. The molecule has 192 valence electrons. The predicted octanol–water partition coefficient (Wildman–Crippen LogP) is 3.13. The van der Waals surface area contributed by atoms with Crippen LogP contribution in [0.3, 0.4) is 0 Å². The van der Waals surface area contributed by atoms with Crippen molar-refractivity contribution in [3.05, 3.63) is 23.8 Å². The third-order valence-electron chi connectivity index (χ3n) is 9.27. The summed E-state index contributed by atoms with van der Waals surface area (Å²) in [5.41, 5.74) is -9.24. The lowest BCUT2D eigenvalue weighted by Gasteiger charge is -2.62. The molecule has 9 heteroatoms. The summed E-state index contributed by atoms with van der Waals surface area (Å²) >= 11 is 0. The smallest absolute Gasteiger partial charge is 0.303 e. The van der Waals surface area contributed by atoms with E-state index in [9.17, 15) is 24.3 Å². The zero-order valence-corrected chi connectivity index (χ0v) is 20.7. The Hall–Kier alpha value is -2.42. The number of carbonyl (C=O) groups excluding carboxylic acids is 4. The molecule has 35 heavy (non-hydrogen) atoms. The zero-order valence-electron chi connectivity index (χ0n) is 20.7. The van der Waals surface area contributed by atoms with Gasteiger partial charge in [-0.1, -0.05) is 18.6 Å². The SMILES string of the molecule is CC(=O)OCC(=O)[C@]1(OC(C)=O)[C@@]2(C)C[C@H](O)[C@@]3(F)[C@@H](CCC4=CC(=O)C=C[C@@]43C)[C@@H]2C[C@@]1(C)F. The number of ether oxygens (including phenoxy) is 2. The van der Waals surface area contributed by atoms with Crippen LogP contribution in [-0.2, 0) is 28.7 Å². The lowest BCUT2D eigenvalue weighted by atomic mass is 9.44. The van der Waals surface area contributed by atoms with E-state index < -0.39 is 70.0 Å². The van der Waals surface area contributed by atoms with Crippen LogP contribution in [0.25, 0.3) is 0 Å². The molecule has 0 amide bonds. The van der Waals surface area contributed by atoms with Crippen LogP contribution in [0.4, 0.5) is 8.78 Å². The Balaban J connectivity index is 1.87. The van der Waals surface area contributed by atoms with Crippen molar-refractivity contribution >= 4 is 23.5 Å². The number of esters is 2. The molecule has 8 atom stereocenters. The number of allylic oxidation sites excluding steroid dienone is 4. The highest BCUT2D eigenvalue weighted by molar-refractivity contribution is 6.01. The van der Waals surface area contributed by atoms with Gasteiger partial charge in [0.05, 0.1) is 6.10 Å². The molecule has 0 aromatic carbocycles. The van der Waals surface area contributed by atoms with Gasteiger partial charge >= 0.3 is 11.9 Å². The van der Waals surface area contributed by atoms with Crippen LogP contribution in [0.15, 0.2) is 23.8 Å². The largest absolute Gasteiger partial charge is 0.458 e. The van der Waals surface area contributed by atoms with Gasteiger partial charge in [0.1, 0.15) is 0 Å². The van der Waals surface area contributed by atoms with E-state index in [0.717, 1.165) is 20.8 Å². The zero-order chi connectivity index (χ0) is 26.2. The minimum absolute atomic E-state index is 0.223. The first-order valence-corrected chi connectivity index (χ1v) is 11.9. The van der Waals surface area contributed by atoms with Gasteiger partial charge in [-0.3, -0.25) is 19.2 Å².